The number of carbonyl (C=O) groups excluding carboxylic acids is 1. The minimum absolute atomic E-state index is 0.654. The van der Waals surface area contributed by atoms with Gasteiger partial charge in [0.15, 0.2) is 0 Å². The molecule has 1 heterocycles. The number of nitrogens with zero attached hydrogens (tertiary/aromatic N) is 3. The molecule has 0 unspecified atom stereocenters. The van der Waals surface area contributed by atoms with Gasteiger partial charge in [0.05, 0.1) is 0 Å². The topological polar surface area (TPSA) is 46.1 Å². The van der Waals surface area contributed by atoms with E-state index in [4.69, 9.17) is 11.6 Å². The molecule has 0 aliphatic carbocycles. The quantitative estimate of drug-likeness (QED) is 0.482. The third-order valence-electron chi connectivity index (χ3n) is 4.08. The predicted molar refractivity (Wildman–Crippen MR) is 108 cm³/mol. The zero-order chi connectivity index (χ0) is 18.4. The lowest BCUT2D eigenvalue weighted by Crippen LogP contribution is -2.23. The van der Waals surface area contributed by atoms with Crippen LogP contribution in [0.5, 0.6) is 0 Å². The van der Waals surface area contributed by atoms with Crippen molar-refractivity contribution in [3.63, 3.8) is 0 Å². The van der Waals surface area contributed by atoms with E-state index in [0.717, 1.165) is 52.0 Å². The highest BCUT2D eigenvalue weighted by atomic mass is 35.5. The van der Waals surface area contributed by atoms with Crippen LogP contribution in [0.3, 0.4) is 0 Å². The van der Waals surface area contributed by atoms with Crippen LogP contribution in [-0.4, -0.2) is 23.0 Å². The molecular formula is C20H20ClN3OS. The zero-order valence-electron chi connectivity index (χ0n) is 14.6. The molecule has 0 amide bonds. The van der Waals surface area contributed by atoms with Gasteiger partial charge in [-0.1, -0.05) is 78.7 Å². The van der Waals surface area contributed by atoms with Gasteiger partial charge in [-0.15, -0.1) is 10.2 Å². The number of anilines is 1. The summed E-state index contributed by atoms with van der Waals surface area (Å²) in [4.78, 5) is 13.0. The molecule has 0 bridgehead atoms. The highest BCUT2D eigenvalue weighted by Crippen LogP contribution is 2.30. The fourth-order valence-electron chi connectivity index (χ4n) is 2.59. The minimum atomic E-state index is 0.654. The van der Waals surface area contributed by atoms with E-state index in [1.807, 2.05) is 36.4 Å². The van der Waals surface area contributed by atoms with E-state index in [9.17, 15) is 4.79 Å². The molecule has 0 saturated heterocycles. The van der Waals surface area contributed by atoms with Gasteiger partial charge in [-0.3, -0.25) is 4.79 Å². The molecule has 0 saturated carbocycles. The summed E-state index contributed by atoms with van der Waals surface area (Å²) in [6.07, 6.45) is 3.02. The third kappa shape index (κ3) is 4.48. The molecule has 3 rings (SSSR count). The summed E-state index contributed by atoms with van der Waals surface area (Å²) in [5.41, 5.74) is 2.70. The van der Waals surface area contributed by atoms with E-state index in [1.165, 1.54) is 0 Å². The molecule has 0 spiro atoms. The number of benzene rings is 2. The number of halogens is 1. The van der Waals surface area contributed by atoms with Gasteiger partial charge < -0.3 is 4.90 Å². The average Bonchev–Trinajstić information content (AvgIpc) is 3.16. The number of carbonyl (C=O) groups is 1. The summed E-state index contributed by atoms with van der Waals surface area (Å²) >= 11 is 7.89. The van der Waals surface area contributed by atoms with Gasteiger partial charge in [-0.05, 0) is 18.1 Å². The van der Waals surface area contributed by atoms with E-state index in [1.54, 1.807) is 23.5 Å². The summed E-state index contributed by atoms with van der Waals surface area (Å²) in [5.74, 6) is 0. The molecule has 134 valence electrons. The second kappa shape index (κ2) is 8.92. The SMILES string of the molecule is CCCCN(Cc1ccccc1Cl)c1nnc(-c2ccc(C=O)cc2)s1. The van der Waals surface area contributed by atoms with Gasteiger partial charge in [0.1, 0.15) is 11.3 Å². The van der Waals surface area contributed by atoms with Crippen molar-refractivity contribution in [3.8, 4) is 10.6 Å². The van der Waals surface area contributed by atoms with E-state index >= 15 is 0 Å². The predicted octanol–water partition coefficient (Wildman–Crippen LogP) is 5.48. The van der Waals surface area contributed by atoms with E-state index < -0.39 is 0 Å². The normalized spacial score (nSPS) is 10.7. The van der Waals surface area contributed by atoms with Crippen LogP contribution in [0.2, 0.25) is 5.02 Å². The van der Waals surface area contributed by atoms with Crippen LogP contribution in [-0.2, 0) is 6.54 Å². The zero-order valence-corrected chi connectivity index (χ0v) is 16.1. The van der Waals surface area contributed by atoms with Crippen molar-refractivity contribution >= 4 is 34.4 Å². The molecule has 4 nitrogen and oxygen atoms in total. The third-order valence-corrected chi connectivity index (χ3v) is 5.48. The van der Waals surface area contributed by atoms with E-state index in [0.29, 0.717) is 12.1 Å². The molecule has 26 heavy (non-hydrogen) atoms. The van der Waals surface area contributed by atoms with Crippen LogP contribution < -0.4 is 4.90 Å². The number of hydrogen-bond donors (Lipinski definition) is 0. The van der Waals surface area contributed by atoms with Crippen molar-refractivity contribution in [2.75, 3.05) is 11.4 Å². The average molecular weight is 386 g/mol. The minimum Gasteiger partial charge on any atom is -0.342 e. The summed E-state index contributed by atoms with van der Waals surface area (Å²) in [6, 6.07) is 15.3. The lowest BCUT2D eigenvalue weighted by Gasteiger charge is -2.21. The Morgan fingerprint density at radius 1 is 1.12 bits per heavy atom. The van der Waals surface area contributed by atoms with Gasteiger partial charge in [-0.2, -0.15) is 0 Å². The van der Waals surface area contributed by atoms with Gasteiger partial charge in [0.2, 0.25) is 5.13 Å². The van der Waals surface area contributed by atoms with Crippen LogP contribution in [0.1, 0.15) is 35.7 Å². The highest BCUT2D eigenvalue weighted by molar-refractivity contribution is 7.18. The van der Waals surface area contributed by atoms with Crippen LogP contribution in [0, 0.1) is 0 Å². The molecule has 0 atom stereocenters. The van der Waals surface area contributed by atoms with Crippen LogP contribution in [0.15, 0.2) is 48.5 Å². The highest BCUT2D eigenvalue weighted by Gasteiger charge is 2.15. The van der Waals surface area contributed by atoms with Gasteiger partial charge >= 0.3 is 0 Å². The first-order valence-electron chi connectivity index (χ1n) is 8.58. The molecule has 6 heteroatoms. The summed E-state index contributed by atoms with van der Waals surface area (Å²) < 4.78 is 0. The first kappa shape index (κ1) is 18.5. The molecular weight excluding hydrogens is 366 g/mol. The maximum Gasteiger partial charge on any atom is 0.208 e. The van der Waals surface area contributed by atoms with Crippen molar-refractivity contribution in [3.05, 3.63) is 64.7 Å². The van der Waals surface area contributed by atoms with Crippen molar-refractivity contribution in [2.24, 2.45) is 0 Å². The number of hydrogen-bond acceptors (Lipinski definition) is 5. The standard InChI is InChI=1S/C20H20ClN3OS/c1-2-3-12-24(13-17-6-4-5-7-18(17)21)20-23-22-19(26-20)16-10-8-15(14-25)9-11-16/h4-11,14H,2-3,12-13H2,1H3. The van der Waals surface area contributed by atoms with E-state index in [-0.39, 0.29) is 0 Å². The molecule has 0 radical (unpaired) electrons. The van der Waals surface area contributed by atoms with Crippen molar-refractivity contribution < 1.29 is 4.79 Å². The molecule has 1 aromatic heterocycles. The summed E-state index contributed by atoms with van der Waals surface area (Å²) in [5, 5.41) is 11.2. The molecule has 0 fully saturated rings. The van der Waals surface area contributed by atoms with Crippen LogP contribution in [0.25, 0.3) is 10.6 Å². The first-order chi connectivity index (χ1) is 12.7. The van der Waals surface area contributed by atoms with Crippen LogP contribution >= 0.6 is 22.9 Å². The fourth-order valence-corrected chi connectivity index (χ4v) is 3.66. The van der Waals surface area contributed by atoms with Crippen LogP contribution in [0.4, 0.5) is 5.13 Å². The van der Waals surface area contributed by atoms with Gasteiger partial charge in [-0.25, -0.2) is 0 Å². The Hall–Kier alpha value is -2.24. The number of aromatic nitrogens is 2. The Morgan fingerprint density at radius 2 is 1.88 bits per heavy atom. The van der Waals surface area contributed by atoms with Crippen molar-refractivity contribution in [1.82, 2.24) is 10.2 Å². The largest absolute Gasteiger partial charge is 0.342 e. The van der Waals surface area contributed by atoms with Gasteiger partial charge in [0.25, 0.3) is 0 Å². The molecule has 3 aromatic rings. The molecule has 0 aliphatic heterocycles. The summed E-state index contributed by atoms with van der Waals surface area (Å²) in [6.45, 7) is 3.78. The molecule has 0 aliphatic rings. The lowest BCUT2D eigenvalue weighted by atomic mass is 10.2. The van der Waals surface area contributed by atoms with E-state index in [2.05, 4.69) is 22.0 Å². The maximum atomic E-state index is 10.8. The summed E-state index contributed by atoms with van der Waals surface area (Å²) in [7, 11) is 0. The number of aldehydes is 1. The number of rotatable bonds is 8. The molecule has 0 N–H and O–H groups in total. The Balaban J connectivity index is 1.83. The second-order valence-corrected chi connectivity index (χ2v) is 7.36. The smallest absolute Gasteiger partial charge is 0.208 e. The monoisotopic (exact) mass is 385 g/mol. The van der Waals surface area contributed by atoms with Crippen molar-refractivity contribution in [1.29, 1.82) is 0 Å². The Kier molecular flexibility index (Phi) is 6.36. The Labute approximate surface area is 162 Å². The first-order valence-corrected chi connectivity index (χ1v) is 9.78. The lowest BCUT2D eigenvalue weighted by molar-refractivity contribution is 0.112. The Bertz CT molecular complexity index is 864. The maximum absolute atomic E-state index is 10.8. The number of unbranched alkanes of at least 4 members (excludes halogenated alkanes) is 1. The second-order valence-electron chi connectivity index (χ2n) is 6.00. The van der Waals surface area contributed by atoms with Crippen molar-refractivity contribution in [2.45, 2.75) is 26.3 Å². The molecule has 2 aromatic carbocycles. The fraction of sp³-hybridized carbons (Fsp3) is 0.250. The van der Waals surface area contributed by atoms with Gasteiger partial charge in [0, 0.05) is 29.2 Å². The Morgan fingerprint density at radius 3 is 2.58 bits per heavy atom.